The Bertz CT molecular complexity index is 767. The molecule has 4 rings (SSSR count). The number of hydrogen-bond donors (Lipinski definition) is 2. The summed E-state index contributed by atoms with van der Waals surface area (Å²) in [7, 11) is 0. The van der Waals surface area contributed by atoms with Crippen LogP contribution in [0.25, 0.3) is 0 Å². The zero-order valence-corrected chi connectivity index (χ0v) is 23.1. The molecule has 0 spiro atoms. The highest BCUT2D eigenvalue weighted by atomic mass is 16.8. The third-order valence-corrected chi connectivity index (χ3v) is 10.9. The fourth-order valence-electron chi connectivity index (χ4n) is 9.08. The minimum absolute atomic E-state index is 0.0746. The summed E-state index contributed by atoms with van der Waals surface area (Å²) < 4.78 is 5.64. The van der Waals surface area contributed by atoms with Gasteiger partial charge in [-0.3, -0.25) is 0 Å². The highest BCUT2D eigenvalue weighted by Gasteiger charge is 2.59. The first-order valence-corrected chi connectivity index (χ1v) is 14.7. The highest BCUT2D eigenvalue weighted by molar-refractivity contribution is 5.59. The monoisotopic (exact) mass is 488 g/mol. The summed E-state index contributed by atoms with van der Waals surface area (Å²) in [6.45, 7) is 13.3. The first-order valence-electron chi connectivity index (χ1n) is 14.7. The SMILES string of the molecule is CC(C)CCC[C@@H](C)[C@H]1CC[C@H]2[C@@H]3CC=C4C[C@@H](OC(=O)ONCCN)CC[C@]4(C)[C@H]3CC[C@]12C. The van der Waals surface area contributed by atoms with Gasteiger partial charge in [-0.1, -0.05) is 65.5 Å². The second-order valence-corrected chi connectivity index (χ2v) is 13.3. The number of rotatable bonds is 9. The van der Waals surface area contributed by atoms with Crippen LogP contribution >= 0.6 is 0 Å². The minimum atomic E-state index is -0.630. The van der Waals surface area contributed by atoms with Crippen LogP contribution < -0.4 is 11.2 Å². The fraction of sp³-hybridized carbons (Fsp3) is 0.900. The van der Waals surface area contributed by atoms with E-state index in [-0.39, 0.29) is 11.5 Å². The van der Waals surface area contributed by atoms with Crippen molar-refractivity contribution in [2.24, 2.45) is 52.1 Å². The summed E-state index contributed by atoms with van der Waals surface area (Å²) in [6.07, 6.45) is 15.8. The third-order valence-electron chi connectivity index (χ3n) is 10.9. The molecule has 0 aliphatic heterocycles. The van der Waals surface area contributed by atoms with Crippen molar-refractivity contribution in [1.82, 2.24) is 5.48 Å². The Labute approximate surface area is 214 Å². The zero-order chi connectivity index (χ0) is 25.2. The average molecular weight is 489 g/mol. The first kappa shape index (κ1) is 27.0. The van der Waals surface area contributed by atoms with E-state index in [0.29, 0.717) is 18.5 Å². The van der Waals surface area contributed by atoms with E-state index in [2.05, 4.69) is 46.2 Å². The predicted molar refractivity (Wildman–Crippen MR) is 141 cm³/mol. The van der Waals surface area contributed by atoms with Crippen molar-refractivity contribution in [1.29, 1.82) is 0 Å². The molecule has 0 aromatic carbocycles. The molecule has 5 heteroatoms. The molecule has 4 aliphatic carbocycles. The van der Waals surface area contributed by atoms with Crippen LogP contribution in [0.1, 0.15) is 105 Å². The average Bonchev–Trinajstić information content (AvgIpc) is 3.16. The lowest BCUT2D eigenvalue weighted by atomic mass is 9.47. The van der Waals surface area contributed by atoms with Gasteiger partial charge in [-0.05, 0) is 91.3 Å². The Hall–Kier alpha value is -1.07. The Kier molecular flexibility index (Phi) is 8.58. The molecule has 3 saturated carbocycles. The van der Waals surface area contributed by atoms with Gasteiger partial charge in [-0.15, -0.1) is 5.48 Å². The topological polar surface area (TPSA) is 73.6 Å². The maximum Gasteiger partial charge on any atom is 0.527 e. The summed E-state index contributed by atoms with van der Waals surface area (Å²) >= 11 is 0. The Balaban J connectivity index is 1.39. The molecule has 0 bridgehead atoms. The van der Waals surface area contributed by atoms with Crippen LogP contribution in [0.15, 0.2) is 11.6 Å². The van der Waals surface area contributed by atoms with Gasteiger partial charge in [-0.2, -0.15) is 0 Å². The second-order valence-electron chi connectivity index (χ2n) is 13.3. The van der Waals surface area contributed by atoms with Gasteiger partial charge in [0.25, 0.3) is 0 Å². The number of nitrogens with one attached hydrogen (secondary N) is 1. The van der Waals surface area contributed by atoms with Crippen LogP contribution in [0.2, 0.25) is 0 Å². The van der Waals surface area contributed by atoms with E-state index in [1.54, 1.807) is 0 Å². The Morgan fingerprint density at radius 1 is 1.11 bits per heavy atom. The standard InChI is InChI=1S/C30H52N2O3/c1-20(2)7-6-8-21(3)25-11-12-26-24-10-9-22-19-23(34-28(33)35-32-18-17-31)13-15-29(22,4)27(24)14-16-30(25,26)5/h9,20-21,23-27,32H,6-8,10-19,31H2,1-5H3/t21-,23+,24+,25-,26+,27+,29+,30-/m1/s1. The summed E-state index contributed by atoms with van der Waals surface area (Å²) in [4.78, 5) is 17.0. The Morgan fingerprint density at radius 3 is 2.66 bits per heavy atom. The van der Waals surface area contributed by atoms with Gasteiger partial charge in [0, 0.05) is 19.5 Å². The number of ether oxygens (including phenoxy) is 1. The second kappa shape index (κ2) is 11.1. The van der Waals surface area contributed by atoms with E-state index >= 15 is 0 Å². The van der Waals surface area contributed by atoms with E-state index in [1.807, 2.05) is 0 Å². The summed E-state index contributed by atoms with van der Waals surface area (Å²) in [5.74, 6) is 5.09. The lowest BCUT2D eigenvalue weighted by Crippen LogP contribution is -2.51. The molecule has 0 saturated heterocycles. The Morgan fingerprint density at radius 2 is 1.91 bits per heavy atom. The molecule has 4 aliphatic rings. The molecule has 0 unspecified atom stereocenters. The number of carbonyl (C=O) groups is 1. The van der Waals surface area contributed by atoms with Crippen molar-refractivity contribution in [3.8, 4) is 0 Å². The molecule has 0 radical (unpaired) electrons. The van der Waals surface area contributed by atoms with Crippen molar-refractivity contribution in [3.05, 3.63) is 11.6 Å². The van der Waals surface area contributed by atoms with Crippen LogP contribution in [-0.2, 0) is 9.57 Å². The maximum absolute atomic E-state index is 12.0. The van der Waals surface area contributed by atoms with Crippen molar-refractivity contribution in [2.45, 2.75) is 111 Å². The van der Waals surface area contributed by atoms with Crippen molar-refractivity contribution < 1.29 is 14.4 Å². The number of hydroxylamine groups is 1. The normalized spacial score (nSPS) is 39.3. The zero-order valence-electron chi connectivity index (χ0n) is 23.1. The van der Waals surface area contributed by atoms with Gasteiger partial charge in [-0.25, -0.2) is 4.79 Å². The molecule has 200 valence electrons. The van der Waals surface area contributed by atoms with E-state index in [4.69, 9.17) is 15.3 Å². The van der Waals surface area contributed by atoms with Gasteiger partial charge < -0.3 is 15.3 Å². The quantitative estimate of drug-likeness (QED) is 0.158. The fourth-order valence-corrected chi connectivity index (χ4v) is 9.08. The summed E-state index contributed by atoms with van der Waals surface area (Å²) in [6, 6.07) is 0. The van der Waals surface area contributed by atoms with Crippen LogP contribution in [-0.4, -0.2) is 25.3 Å². The number of carbonyl (C=O) groups excluding carboxylic acids is 1. The molecular weight excluding hydrogens is 436 g/mol. The summed E-state index contributed by atoms with van der Waals surface area (Å²) in [5.41, 5.74) is 10.3. The first-order chi connectivity index (χ1) is 16.7. The molecule has 8 atom stereocenters. The van der Waals surface area contributed by atoms with E-state index in [9.17, 15) is 4.79 Å². The maximum atomic E-state index is 12.0. The number of allylic oxidation sites excluding steroid dienone is 1. The van der Waals surface area contributed by atoms with Crippen LogP contribution in [0.5, 0.6) is 0 Å². The van der Waals surface area contributed by atoms with Gasteiger partial charge in [0.15, 0.2) is 0 Å². The molecular formula is C30H52N2O3. The number of fused-ring (bicyclic) bond motifs is 5. The van der Waals surface area contributed by atoms with Crippen LogP contribution in [0.3, 0.4) is 0 Å². The number of nitrogens with two attached hydrogens (primary N) is 1. The van der Waals surface area contributed by atoms with E-state index in [0.717, 1.165) is 54.8 Å². The lowest BCUT2D eigenvalue weighted by molar-refractivity contribution is -0.0645. The predicted octanol–water partition coefficient (Wildman–Crippen LogP) is 7.01. The molecule has 0 aromatic rings. The smallest absolute Gasteiger partial charge is 0.429 e. The summed E-state index contributed by atoms with van der Waals surface area (Å²) in [5, 5.41) is 0. The molecule has 3 fully saturated rings. The lowest BCUT2D eigenvalue weighted by Gasteiger charge is -2.58. The van der Waals surface area contributed by atoms with Gasteiger partial charge in [0.05, 0.1) is 0 Å². The van der Waals surface area contributed by atoms with Crippen molar-refractivity contribution >= 4 is 6.16 Å². The third kappa shape index (κ3) is 5.46. The van der Waals surface area contributed by atoms with Gasteiger partial charge >= 0.3 is 6.16 Å². The number of hydrogen-bond acceptors (Lipinski definition) is 5. The molecule has 35 heavy (non-hydrogen) atoms. The van der Waals surface area contributed by atoms with Crippen molar-refractivity contribution in [2.75, 3.05) is 13.1 Å². The van der Waals surface area contributed by atoms with Gasteiger partial charge in [0.1, 0.15) is 6.10 Å². The van der Waals surface area contributed by atoms with Crippen LogP contribution in [0.4, 0.5) is 4.79 Å². The van der Waals surface area contributed by atoms with E-state index < -0.39 is 6.16 Å². The molecule has 0 aromatic heterocycles. The molecule has 0 amide bonds. The van der Waals surface area contributed by atoms with Crippen LogP contribution in [0, 0.1) is 46.3 Å². The van der Waals surface area contributed by atoms with E-state index in [1.165, 1.54) is 56.9 Å². The largest absolute Gasteiger partial charge is 0.527 e. The molecule has 5 nitrogen and oxygen atoms in total. The molecule has 3 N–H and O–H groups in total. The molecule has 0 heterocycles. The van der Waals surface area contributed by atoms with Crippen molar-refractivity contribution in [3.63, 3.8) is 0 Å². The highest BCUT2D eigenvalue weighted by Crippen LogP contribution is 2.67. The van der Waals surface area contributed by atoms with Gasteiger partial charge in [0.2, 0.25) is 0 Å². The minimum Gasteiger partial charge on any atom is -0.429 e.